The zero-order chi connectivity index (χ0) is 37.9. The van der Waals surface area contributed by atoms with Gasteiger partial charge in [-0.1, -0.05) is 91.3 Å². The monoisotopic (exact) mass is 803 g/mol. The Morgan fingerprint density at radius 3 is 1.40 bits per heavy atom. The molecule has 8 N–H and O–H groups in total. The molecule has 1 fully saturated rings. The summed E-state index contributed by atoms with van der Waals surface area (Å²) < 4.78 is 22.3. The fraction of sp³-hybridized carbons (Fsp3) is 0.854. The van der Waals surface area contributed by atoms with E-state index in [4.69, 9.17) is 16.4 Å². The molecule has 1 aromatic rings. The van der Waals surface area contributed by atoms with Crippen LogP contribution in [0.1, 0.15) is 142 Å². The quantitative estimate of drug-likeness (QED) is 0.0397. The molecular formula is C41H88ClN6NaO3S. The number of nitrogens with two attached hydrogens (primary N) is 1. The third-order valence-corrected chi connectivity index (χ3v) is 10.3. The first-order valence-corrected chi connectivity index (χ1v) is 22.5. The number of aryl methyl sites for hydroxylation is 3. The number of hydrogen-bond acceptors (Lipinski definition) is 9. The molecule has 2 unspecified atom stereocenters. The molecule has 1 aromatic carbocycles. The summed E-state index contributed by atoms with van der Waals surface area (Å²) in [5, 5.41) is 17.3. The van der Waals surface area contributed by atoms with Crippen LogP contribution in [-0.4, -0.2) is 86.4 Å². The number of rotatable bonds is 27. The second kappa shape index (κ2) is 44.9. The maximum Gasteiger partial charge on any atom is 1.00 e. The van der Waals surface area contributed by atoms with E-state index in [1.54, 1.807) is 13.8 Å². The smallest absolute Gasteiger partial charge is 0.870 e. The molecule has 12 heteroatoms. The minimum Gasteiger partial charge on any atom is -0.870 e. The van der Waals surface area contributed by atoms with Crippen LogP contribution in [0.5, 0.6) is 0 Å². The van der Waals surface area contributed by atoms with Gasteiger partial charge in [0.25, 0.3) is 9.05 Å². The molecule has 9 nitrogen and oxygen atoms in total. The van der Waals surface area contributed by atoms with Gasteiger partial charge in [-0.3, -0.25) is 0 Å². The van der Waals surface area contributed by atoms with Crippen molar-refractivity contribution in [3.8, 4) is 0 Å². The normalized spacial score (nSPS) is 14.1. The maximum atomic E-state index is 11.2. The maximum absolute atomic E-state index is 11.2. The van der Waals surface area contributed by atoms with Crippen LogP contribution in [0.4, 0.5) is 0 Å². The van der Waals surface area contributed by atoms with Gasteiger partial charge >= 0.3 is 29.6 Å². The van der Waals surface area contributed by atoms with E-state index in [-0.39, 0.29) is 47.4 Å². The standard InChI is InChI=1S/C20H44N4.C9H11ClO2S.C6H15N.C5H13N.CH4.Na.H2O/c1-3-5-6-12-22-13-8-10-15-24-18-20-16-19(20)17-23-14-9-7-11-21-4-2;1-6-4-7(2)9(8(3)5-6)13(10,11)12;1-3-4-5-6-7-2;1-2-3-4-5-6;;;/h19-24H,3-18H2,1-2H3;4-5H,1-3H3;7H,3-6H2,1-2H3;2-6H2,1H3;1H4;;1H2/q;;;;;+1;/p-1. The van der Waals surface area contributed by atoms with E-state index in [0.717, 1.165) is 30.5 Å². The molecular weight excluding hydrogens is 715 g/mol. The van der Waals surface area contributed by atoms with Crippen molar-refractivity contribution in [3.63, 3.8) is 0 Å². The van der Waals surface area contributed by atoms with Crippen LogP contribution >= 0.6 is 10.7 Å². The molecule has 1 saturated carbocycles. The van der Waals surface area contributed by atoms with Gasteiger partial charge in [-0.2, -0.15) is 0 Å². The average molecular weight is 804 g/mol. The van der Waals surface area contributed by atoms with E-state index < -0.39 is 9.05 Å². The van der Waals surface area contributed by atoms with E-state index in [9.17, 15) is 8.42 Å². The van der Waals surface area contributed by atoms with Gasteiger partial charge in [0.05, 0.1) is 4.90 Å². The van der Waals surface area contributed by atoms with Crippen molar-refractivity contribution in [2.45, 2.75) is 151 Å². The molecule has 53 heavy (non-hydrogen) atoms. The van der Waals surface area contributed by atoms with E-state index in [2.05, 4.69) is 54.3 Å². The van der Waals surface area contributed by atoms with Gasteiger partial charge in [0.1, 0.15) is 0 Å². The second-order valence-corrected chi connectivity index (χ2v) is 16.4. The second-order valence-electron chi connectivity index (χ2n) is 13.9. The average Bonchev–Trinajstić information content (AvgIpc) is 3.82. The Labute approximate surface area is 357 Å². The van der Waals surface area contributed by atoms with Gasteiger partial charge in [0.15, 0.2) is 0 Å². The fourth-order valence-electron chi connectivity index (χ4n) is 5.68. The topological polar surface area (TPSA) is 150 Å². The summed E-state index contributed by atoms with van der Waals surface area (Å²) in [4.78, 5) is 0.236. The van der Waals surface area contributed by atoms with Crippen molar-refractivity contribution in [1.82, 2.24) is 26.6 Å². The van der Waals surface area contributed by atoms with Gasteiger partial charge in [0, 0.05) is 10.7 Å². The van der Waals surface area contributed by atoms with E-state index >= 15 is 0 Å². The minimum absolute atomic E-state index is 0. The number of nitrogens with one attached hydrogen (secondary N) is 5. The summed E-state index contributed by atoms with van der Waals surface area (Å²) in [5.74, 6) is 1.87. The van der Waals surface area contributed by atoms with Gasteiger partial charge in [-0.05, 0) is 168 Å². The van der Waals surface area contributed by atoms with Crippen LogP contribution in [0.25, 0.3) is 0 Å². The van der Waals surface area contributed by atoms with Crippen molar-refractivity contribution >= 4 is 19.7 Å². The molecule has 0 radical (unpaired) electrons. The number of hydrogen-bond donors (Lipinski definition) is 6. The first-order valence-electron chi connectivity index (χ1n) is 20.2. The van der Waals surface area contributed by atoms with E-state index in [0.29, 0.717) is 11.1 Å². The summed E-state index contributed by atoms with van der Waals surface area (Å²) in [6.45, 7) is 25.8. The summed E-state index contributed by atoms with van der Waals surface area (Å²) in [6.07, 6.45) is 18.4. The van der Waals surface area contributed by atoms with Gasteiger partial charge in [-0.15, -0.1) is 0 Å². The van der Waals surface area contributed by atoms with E-state index in [1.165, 1.54) is 142 Å². The summed E-state index contributed by atoms with van der Waals surface area (Å²) in [5.41, 5.74) is 7.66. The van der Waals surface area contributed by atoms with Crippen molar-refractivity contribution in [2.75, 3.05) is 72.5 Å². The first kappa shape index (κ1) is 62.4. The van der Waals surface area contributed by atoms with E-state index in [1.807, 2.05) is 26.1 Å². The molecule has 2 atom stereocenters. The van der Waals surface area contributed by atoms with Crippen molar-refractivity contribution < 1.29 is 43.5 Å². The zero-order valence-electron chi connectivity index (χ0n) is 35.4. The first-order chi connectivity index (χ1) is 24.0. The fourth-order valence-corrected chi connectivity index (χ4v) is 7.30. The summed E-state index contributed by atoms with van der Waals surface area (Å²) >= 11 is 0. The van der Waals surface area contributed by atoms with Crippen LogP contribution in [0, 0.1) is 32.6 Å². The Kier molecular flexibility index (Phi) is 52.8. The molecule has 1 aliphatic rings. The van der Waals surface area contributed by atoms with Crippen molar-refractivity contribution in [1.29, 1.82) is 0 Å². The van der Waals surface area contributed by atoms with Crippen molar-refractivity contribution in [3.05, 3.63) is 28.8 Å². The number of benzene rings is 1. The minimum atomic E-state index is -3.61. The van der Waals surface area contributed by atoms with Crippen molar-refractivity contribution in [2.24, 2.45) is 17.6 Å². The SMILES string of the molecule is C.CCCCCN.CCCCCNC.CCCCCNCCCCNCC1CC1CNCCCCNCC.Cc1cc(C)c(S(=O)(=O)Cl)c(C)c1.[Na+].[OH-]. The predicted octanol–water partition coefficient (Wildman–Crippen LogP) is 5.29. The summed E-state index contributed by atoms with van der Waals surface area (Å²) in [7, 11) is 3.68. The van der Waals surface area contributed by atoms with Gasteiger partial charge < -0.3 is 37.8 Å². The Balaban J connectivity index is -0.000000222. The Bertz CT molecular complexity index is 963. The zero-order valence-corrected chi connectivity index (χ0v) is 39.0. The van der Waals surface area contributed by atoms with Crippen LogP contribution in [0.15, 0.2) is 17.0 Å². The van der Waals surface area contributed by atoms with Gasteiger partial charge in [-0.25, -0.2) is 8.42 Å². The Morgan fingerprint density at radius 1 is 0.660 bits per heavy atom. The molecule has 0 aromatic heterocycles. The molecule has 2 rings (SSSR count). The van der Waals surface area contributed by atoms with Gasteiger partial charge in [0.2, 0.25) is 0 Å². The molecule has 0 amide bonds. The molecule has 314 valence electrons. The third kappa shape index (κ3) is 41.6. The number of unbranched alkanes of at least 4 members (excludes halogenated alkanes) is 8. The van der Waals surface area contributed by atoms with Crippen LogP contribution in [0.3, 0.4) is 0 Å². The molecule has 0 spiro atoms. The molecule has 0 saturated heterocycles. The molecule has 0 heterocycles. The summed E-state index contributed by atoms with van der Waals surface area (Å²) in [6, 6.07) is 3.62. The Morgan fingerprint density at radius 2 is 1.04 bits per heavy atom. The largest absolute Gasteiger partial charge is 1.00 e. The molecule has 1 aliphatic carbocycles. The van der Waals surface area contributed by atoms with Crippen LogP contribution < -0.4 is 61.9 Å². The molecule has 0 aliphatic heterocycles. The third-order valence-electron chi connectivity index (χ3n) is 8.69. The predicted molar refractivity (Wildman–Crippen MR) is 231 cm³/mol. The van der Waals surface area contributed by atoms with Crippen LogP contribution in [-0.2, 0) is 9.05 Å². The Hall–Kier alpha value is 0.180. The number of halogens is 1. The molecule has 0 bridgehead atoms. The van der Waals surface area contributed by atoms with Crippen LogP contribution in [0.2, 0.25) is 0 Å².